The highest BCUT2D eigenvalue weighted by Gasteiger charge is 2.29. The van der Waals surface area contributed by atoms with E-state index < -0.39 is 6.04 Å². The molecule has 5 nitrogen and oxygen atoms in total. The van der Waals surface area contributed by atoms with Crippen molar-refractivity contribution in [3.8, 4) is 0 Å². The highest BCUT2D eigenvalue weighted by Crippen LogP contribution is 2.27. The number of carbonyl (C=O) groups is 1. The van der Waals surface area contributed by atoms with Crippen LogP contribution in [0.15, 0.2) is 71.0 Å². The Balaban J connectivity index is 2.08. The van der Waals surface area contributed by atoms with E-state index in [-0.39, 0.29) is 11.3 Å². The summed E-state index contributed by atoms with van der Waals surface area (Å²) in [6.45, 7) is 7.79. The van der Waals surface area contributed by atoms with Gasteiger partial charge in [-0.15, -0.1) is 11.3 Å². The summed E-state index contributed by atoms with van der Waals surface area (Å²) in [4.78, 5) is 19.2. The summed E-state index contributed by atoms with van der Waals surface area (Å²) in [5, 5.41) is 5.28. The van der Waals surface area contributed by atoms with Gasteiger partial charge >= 0.3 is 0 Å². The first-order chi connectivity index (χ1) is 15.4. The number of rotatable bonds is 9. The summed E-state index contributed by atoms with van der Waals surface area (Å²) in [6, 6.07) is 19.7. The van der Waals surface area contributed by atoms with Gasteiger partial charge in [-0.3, -0.25) is 4.79 Å². The summed E-state index contributed by atoms with van der Waals surface area (Å²) < 4.78 is 2.14. The van der Waals surface area contributed by atoms with Crippen LogP contribution in [0, 0.1) is 0 Å². The number of unbranched alkanes of at least 4 members (excludes halogenated alkanes) is 1. The average molecular weight is 451 g/mol. The van der Waals surface area contributed by atoms with Crippen LogP contribution in [0.1, 0.15) is 50.9 Å². The maximum Gasteiger partial charge on any atom is 0.243 e. The van der Waals surface area contributed by atoms with Crippen LogP contribution >= 0.6 is 11.3 Å². The fraction of sp³-hybridized carbons (Fsp3) is 0.385. The van der Waals surface area contributed by atoms with E-state index in [2.05, 4.69) is 48.2 Å². The van der Waals surface area contributed by atoms with Gasteiger partial charge in [-0.1, -0.05) is 69.3 Å². The quantitative estimate of drug-likeness (QED) is 0.463. The molecule has 0 radical (unpaired) electrons. The third-order valence-electron chi connectivity index (χ3n) is 5.31. The van der Waals surface area contributed by atoms with Crippen molar-refractivity contribution in [1.82, 2.24) is 9.88 Å². The molecule has 0 aliphatic carbocycles. The van der Waals surface area contributed by atoms with Gasteiger partial charge in [-0.05, 0) is 37.1 Å². The molecular weight excluding hydrogens is 416 g/mol. The lowest BCUT2D eigenvalue weighted by Crippen LogP contribution is -2.40. The van der Waals surface area contributed by atoms with E-state index >= 15 is 0 Å². The molecule has 6 heteroatoms. The van der Waals surface area contributed by atoms with Crippen LogP contribution in [0.5, 0.6) is 0 Å². The van der Waals surface area contributed by atoms with Gasteiger partial charge in [0.1, 0.15) is 6.04 Å². The molecule has 3 rings (SSSR count). The molecule has 1 amide bonds. The van der Waals surface area contributed by atoms with Crippen molar-refractivity contribution >= 4 is 22.9 Å². The SMILES string of the molecule is CC(C)(C)c1csc(=Nc2ccccc2)n1[C@H](Cc1ccccc1)C(=O)NCCCCN. The highest BCUT2D eigenvalue weighted by atomic mass is 32.1. The third kappa shape index (κ3) is 6.40. The molecule has 3 N–H and O–H groups in total. The first-order valence-electron chi connectivity index (χ1n) is 11.2. The van der Waals surface area contributed by atoms with Crippen LogP contribution in [0.2, 0.25) is 0 Å². The molecule has 0 spiro atoms. The zero-order valence-corrected chi connectivity index (χ0v) is 20.1. The second-order valence-corrected chi connectivity index (χ2v) is 9.80. The van der Waals surface area contributed by atoms with Gasteiger partial charge in [-0.25, -0.2) is 4.99 Å². The van der Waals surface area contributed by atoms with Crippen LogP contribution in [0.3, 0.4) is 0 Å². The number of carbonyl (C=O) groups excluding carboxylic acids is 1. The van der Waals surface area contributed by atoms with E-state index in [4.69, 9.17) is 10.7 Å². The lowest BCUT2D eigenvalue weighted by atomic mass is 9.92. The molecule has 1 aromatic heterocycles. The fourth-order valence-corrected chi connectivity index (χ4v) is 4.78. The number of para-hydroxylation sites is 1. The standard InChI is InChI=1S/C26H34N4OS/c1-26(2,3)23-19-32-25(29-21-14-8-5-9-15-21)30(23)22(18-20-12-6-4-7-13-20)24(31)28-17-11-10-16-27/h4-9,12-15,19,22H,10-11,16-18,27H2,1-3H3,(H,28,31)/t22-/m1/s1. The van der Waals surface area contributed by atoms with Crippen LogP contribution in [-0.2, 0) is 16.6 Å². The Bertz CT molecular complexity index is 1050. The van der Waals surface area contributed by atoms with Gasteiger partial charge in [0.05, 0.1) is 5.69 Å². The minimum atomic E-state index is -0.391. The van der Waals surface area contributed by atoms with Crippen molar-refractivity contribution in [2.24, 2.45) is 10.7 Å². The minimum absolute atomic E-state index is 0.0179. The average Bonchev–Trinajstić information content (AvgIpc) is 3.20. The Kier molecular flexibility index (Phi) is 8.42. The topological polar surface area (TPSA) is 72.4 Å². The summed E-state index contributed by atoms with van der Waals surface area (Å²) in [5.41, 5.74) is 8.60. The molecule has 0 aliphatic heterocycles. The van der Waals surface area contributed by atoms with Crippen LogP contribution < -0.4 is 15.9 Å². The predicted octanol–water partition coefficient (Wildman–Crippen LogP) is 4.72. The summed E-state index contributed by atoms with van der Waals surface area (Å²) in [7, 11) is 0. The number of nitrogens with one attached hydrogen (secondary N) is 1. The van der Waals surface area contributed by atoms with Gasteiger partial charge in [0.15, 0.2) is 4.80 Å². The molecule has 170 valence electrons. The largest absolute Gasteiger partial charge is 0.354 e. The van der Waals surface area contributed by atoms with Crippen molar-refractivity contribution in [1.29, 1.82) is 0 Å². The van der Waals surface area contributed by atoms with Crippen molar-refractivity contribution in [2.45, 2.75) is 51.5 Å². The predicted molar refractivity (Wildman–Crippen MR) is 133 cm³/mol. The van der Waals surface area contributed by atoms with Crippen molar-refractivity contribution in [3.05, 3.63) is 82.1 Å². The Labute approximate surface area is 195 Å². The maximum atomic E-state index is 13.5. The number of hydrogen-bond donors (Lipinski definition) is 2. The molecule has 32 heavy (non-hydrogen) atoms. The second kappa shape index (κ2) is 11.2. The van der Waals surface area contributed by atoms with Crippen LogP contribution in [-0.4, -0.2) is 23.6 Å². The molecule has 0 bridgehead atoms. The molecule has 0 saturated carbocycles. The monoisotopic (exact) mass is 450 g/mol. The zero-order chi connectivity index (χ0) is 23.0. The fourth-order valence-electron chi connectivity index (χ4n) is 3.59. The van der Waals surface area contributed by atoms with Crippen LogP contribution in [0.25, 0.3) is 0 Å². The molecule has 0 aliphatic rings. The first-order valence-corrected chi connectivity index (χ1v) is 12.1. The lowest BCUT2D eigenvalue weighted by molar-refractivity contribution is -0.124. The van der Waals surface area contributed by atoms with E-state index in [9.17, 15) is 4.79 Å². The number of hydrogen-bond acceptors (Lipinski definition) is 4. The van der Waals surface area contributed by atoms with E-state index in [1.165, 1.54) is 0 Å². The first kappa shape index (κ1) is 24.0. The molecular formula is C26H34N4OS. The van der Waals surface area contributed by atoms with Crippen molar-refractivity contribution < 1.29 is 4.79 Å². The highest BCUT2D eigenvalue weighted by molar-refractivity contribution is 7.07. The smallest absolute Gasteiger partial charge is 0.243 e. The molecule has 2 aromatic carbocycles. The van der Waals surface area contributed by atoms with E-state index in [0.717, 1.165) is 34.6 Å². The summed E-state index contributed by atoms with van der Waals surface area (Å²) in [5.74, 6) is 0.0179. The van der Waals surface area contributed by atoms with Gasteiger partial charge in [0.2, 0.25) is 5.91 Å². The van der Waals surface area contributed by atoms with Gasteiger partial charge in [0, 0.05) is 29.5 Å². The van der Waals surface area contributed by atoms with E-state index in [0.29, 0.717) is 19.5 Å². The summed E-state index contributed by atoms with van der Waals surface area (Å²) >= 11 is 1.59. The number of amides is 1. The lowest BCUT2D eigenvalue weighted by Gasteiger charge is -2.27. The Morgan fingerprint density at radius 1 is 1.06 bits per heavy atom. The van der Waals surface area contributed by atoms with Crippen LogP contribution in [0.4, 0.5) is 5.69 Å². The Morgan fingerprint density at radius 2 is 1.72 bits per heavy atom. The molecule has 3 aromatic rings. The number of benzene rings is 2. The zero-order valence-electron chi connectivity index (χ0n) is 19.3. The maximum absolute atomic E-state index is 13.5. The third-order valence-corrected chi connectivity index (χ3v) is 6.15. The second-order valence-electron chi connectivity index (χ2n) is 8.96. The van der Waals surface area contributed by atoms with Crippen molar-refractivity contribution in [3.63, 3.8) is 0 Å². The van der Waals surface area contributed by atoms with E-state index in [1.54, 1.807) is 11.3 Å². The molecule has 1 heterocycles. The van der Waals surface area contributed by atoms with E-state index in [1.807, 2.05) is 48.5 Å². The van der Waals surface area contributed by atoms with Crippen molar-refractivity contribution in [2.75, 3.05) is 13.1 Å². The Hall–Kier alpha value is -2.70. The minimum Gasteiger partial charge on any atom is -0.354 e. The normalized spacial score (nSPS) is 13.2. The molecule has 0 saturated heterocycles. The number of thiazole rings is 1. The number of aromatic nitrogens is 1. The van der Waals surface area contributed by atoms with Gasteiger partial charge in [-0.2, -0.15) is 0 Å². The van der Waals surface area contributed by atoms with Gasteiger partial charge in [0.25, 0.3) is 0 Å². The van der Waals surface area contributed by atoms with Gasteiger partial charge < -0.3 is 15.6 Å². The number of nitrogens with zero attached hydrogens (tertiary/aromatic N) is 2. The molecule has 0 fully saturated rings. The Morgan fingerprint density at radius 3 is 2.34 bits per heavy atom. The molecule has 1 atom stereocenters. The molecule has 0 unspecified atom stereocenters. The number of nitrogens with two attached hydrogens (primary N) is 1. The summed E-state index contributed by atoms with van der Waals surface area (Å²) in [6.07, 6.45) is 2.38.